The van der Waals surface area contributed by atoms with Gasteiger partial charge in [-0.3, -0.25) is 0 Å². The van der Waals surface area contributed by atoms with Gasteiger partial charge in [0.15, 0.2) is 0 Å². The molecule has 0 heterocycles. The molecule has 2 aromatic rings. The van der Waals surface area contributed by atoms with Crippen molar-refractivity contribution in [2.45, 2.75) is 19.6 Å². The van der Waals surface area contributed by atoms with Crippen LogP contribution in [-0.2, 0) is 6.61 Å². The van der Waals surface area contributed by atoms with Crippen LogP contribution in [0.5, 0.6) is 5.75 Å². The van der Waals surface area contributed by atoms with Crippen LogP contribution in [0.1, 0.15) is 29.7 Å². The highest BCUT2D eigenvalue weighted by atomic mass is 16.5. The number of rotatable bonds is 4. The van der Waals surface area contributed by atoms with Crippen LogP contribution in [0.2, 0.25) is 0 Å². The van der Waals surface area contributed by atoms with E-state index in [-0.39, 0.29) is 0 Å². The van der Waals surface area contributed by atoms with Gasteiger partial charge in [-0.15, -0.1) is 0 Å². The van der Waals surface area contributed by atoms with Gasteiger partial charge in [0.1, 0.15) is 12.4 Å². The molecule has 2 aromatic carbocycles. The maximum absolute atomic E-state index is 9.41. The molecule has 0 spiro atoms. The fourth-order valence-corrected chi connectivity index (χ4v) is 1.76. The number of hydrogen-bond acceptors (Lipinski definition) is 3. The largest absolute Gasteiger partial charge is 0.489 e. The lowest BCUT2D eigenvalue weighted by Gasteiger charge is -2.09. The monoisotopic (exact) mass is 253 g/mol. The van der Waals surface area contributed by atoms with Crippen LogP contribution in [0, 0.1) is 11.3 Å². The summed E-state index contributed by atoms with van der Waals surface area (Å²) in [5.74, 6) is 0.720. The van der Waals surface area contributed by atoms with E-state index in [9.17, 15) is 5.11 Å². The molecule has 2 rings (SSSR count). The van der Waals surface area contributed by atoms with Crippen molar-refractivity contribution in [2.75, 3.05) is 0 Å². The number of benzene rings is 2. The van der Waals surface area contributed by atoms with Gasteiger partial charge in [0.2, 0.25) is 0 Å². The zero-order valence-electron chi connectivity index (χ0n) is 10.7. The molecule has 0 saturated carbocycles. The minimum absolute atomic E-state index is 0.359. The SMILES string of the molecule is C[C@@H](O)c1ccc(OCc2ccccc2C#N)cc1. The predicted octanol–water partition coefficient (Wildman–Crippen LogP) is 3.19. The average molecular weight is 253 g/mol. The zero-order valence-corrected chi connectivity index (χ0v) is 10.7. The second kappa shape index (κ2) is 6.03. The topological polar surface area (TPSA) is 53.2 Å². The summed E-state index contributed by atoms with van der Waals surface area (Å²) >= 11 is 0. The van der Waals surface area contributed by atoms with E-state index in [1.165, 1.54) is 0 Å². The summed E-state index contributed by atoms with van der Waals surface area (Å²) in [7, 11) is 0. The first-order valence-electron chi connectivity index (χ1n) is 6.09. The summed E-state index contributed by atoms with van der Waals surface area (Å²) in [4.78, 5) is 0. The molecule has 0 unspecified atom stereocenters. The number of nitrogens with zero attached hydrogens (tertiary/aromatic N) is 1. The molecule has 3 nitrogen and oxygen atoms in total. The van der Waals surface area contributed by atoms with Gasteiger partial charge in [-0.1, -0.05) is 30.3 Å². The maximum Gasteiger partial charge on any atom is 0.119 e. The van der Waals surface area contributed by atoms with Crippen LogP contribution in [0.15, 0.2) is 48.5 Å². The standard InChI is InChI=1S/C16H15NO2/c1-12(18)13-6-8-16(9-7-13)19-11-15-5-3-2-4-14(15)10-17/h2-9,12,18H,11H2,1H3/t12-/m1/s1. The van der Waals surface area contributed by atoms with E-state index < -0.39 is 6.10 Å². The smallest absolute Gasteiger partial charge is 0.119 e. The molecule has 0 bridgehead atoms. The Morgan fingerprint density at radius 3 is 2.47 bits per heavy atom. The lowest BCUT2D eigenvalue weighted by atomic mass is 10.1. The first-order chi connectivity index (χ1) is 9.20. The summed E-state index contributed by atoms with van der Waals surface area (Å²) in [6, 6.07) is 16.8. The van der Waals surface area contributed by atoms with Gasteiger partial charge in [0, 0.05) is 5.56 Å². The van der Waals surface area contributed by atoms with Crippen LogP contribution in [0.3, 0.4) is 0 Å². The van der Waals surface area contributed by atoms with Crippen molar-refractivity contribution in [2.24, 2.45) is 0 Å². The lowest BCUT2D eigenvalue weighted by molar-refractivity contribution is 0.199. The van der Waals surface area contributed by atoms with Crippen molar-refractivity contribution < 1.29 is 9.84 Å². The molecule has 0 aliphatic heterocycles. The van der Waals surface area contributed by atoms with Gasteiger partial charge < -0.3 is 9.84 Å². The molecule has 19 heavy (non-hydrogen) atoms. The second-order valence-corrected chi connectivity index (χ2v) is 4.30. The molecular formula is C16H15NO2. The van der Waals surface area contributed by atoms with Crippen molar-refractivity contribution in [3.63, 3.8) is 0 Å². The molecule has 0 fully saturated rings. The molecule has 0 radical (unpaired) electrons. The highest BCUT2D eigenvalue weighted by Gasteiger charge is 2.03. The van der Waals surface area contributed by atoms with E-state index in [0.717, 1.165) is 16.9 Å². The average Bonchev–Trinajstić information content (AvgIpc) is 2.45. The van der Waals surface area contributed by atoms with E-state index in [0.29, 0.717) is 12.2 Å². The van der Waals surface area contributed by atoms with Gasteiger partial charge in [0.25, 0.3) is 0 Å². The van der Waals surface area contributed by atoms with Crippen molar-refractivity contribution in [3.8, 4) is 11.8 Å². The molecule has 0 aliphatic carbocycles. The molecule has 1 atom stereocenters. The molecule has 0 saturated heterocycles. The second-order valence-electron chi connectivity index (χ2n) is 4.30. The molecular weight excluding hydrogens is 238 g/mol. The quantitative estimate of drug-likeness (QED) is 0.910. The number of hydrogen-bond donors (Lipinski definition) is 1. The van der Waals surface area contributed by atoms with Crippen molar-refractivity contribution in [1.29, 1.82) is 5.26 Å². The van der Waals surface area contributed by atoms with Crippen LogP contribution in [-0.4, -0.2) is 5.11 Å². The molecule has 1 N–H and O–H groups in total. The summed E-state index contributed by atoms with van der Waals surface area (Å²) < 4.78 is 5.64. The Morgan fingerprint density at radius 1 is 1.16 bits per heavy atom. The number of nitriles is 1. The zero-order chi connectivity index (χ0) is 13.7. The van der Waals surface area contributed by atoms with Crippen molar-refractivity contribution in [3.05, 3.63) is 65.2 Å². The lowest BCUT2D eigenvalue weighted by Crippen LogP contribution is -1.98. The van der Waals surface area contributed by atoms with E-state index in [4.69, 9.17) is 10.00 Å². The normalized spacial score (nSPS) is 11.6. The number of ether oxygens (including phenoxy) is 1. The molecule has 96 valence electrons. The Bertz CT molecular complexity index is 582. The predicted molar refractivity (Wildman–Crippen MR) is 72.6 cm³/mol. The Labute approximate surface area is 112 Å². The minimum Gasteiger partial charge on any atom is -0.489 e. The Kier molecular flexibility index (Phi) is 4.17. The highest BCUT2D eigenvalue weighted by Crippen LogP contribution is 2.19. The highest BCUT2D eigenvalue weighted by molar-refractivity contribution is 5.37. The van der Waals surface area contributed by atoms with Gasteiger partial charge in [-0.25, -0.2) is 0 Å². The number of aliphatic hydroxyl groups excluding tert-OH is 1. The maximum atomic E-state index is 9.41. The third kappa shape index (κ3) is 3.34. The van der Waals surface area contributed by atoms with Crippen LogP contribution in [0.4, 0.5) is 0 Å². The van der Waals surface area contributed by atoms with Crippen molar-refractivity contribution >= 4 is 0 Å². The summed E-state index contributed by atoms with van der Waals surface area (Å²) in [6.45, 7) is 2.08. The third-order valence-corrected chi connectivity index (χ3v) is 2.89. The third-order valence-electron chi connectivity index (χ3n) is 2.89. The van der Waals surface area contributed by atoms with E-state index in [2.05, 4.69) is 6.07 Å². The summed E-state index contributed by atoms with van der Waals surface area (Å²) in [5.41, 5.74) is 2.34. The van der Waals surface area contributed by atoms with Crippen LogP contribution in [0.25, 0.3) is 0 Å². The van der Waals surface area contributed by atoms with Gasteiger partial charge in [-0.05, 0) is 30.7 Å². The van der Waals surface area contributed by atoms with Crippen molar-refractivity contribution in [1.82, 2.24) is 0 Å². The minimum atomic E-state index is -0.478. The molecule has 3 heteroatoms. The van der Waals surface area contributed by atoms with Crippen LogP contribution >= 0.6 is 0 Å². The van der Waals surface area contributed by atoms with E-state index in [1.807, 2.05) is 42.5 Å². The van der Waals surface area contributed by atoms with E-state index in [1.54, 1.807) is 13.0 Å². The molecule has 0 aliphatic rings. The molecule has 0 aromatic heterocycles. The Morgan fingerprint density at radius 2 is 1.84 bits per heavy atom. The van der Waals surface area contributed by atoms with Crippen LogP contribution < -0.4 is 4.74 Å². The Hall–Kier alpha value is -2.31. The Balaban J connectivity index is 2.04. The number of aliphatic hydroxyl groups is 1. The summed E-state index contributed by atoms with van der Waals surface area (Å²) in [6.07, 6.45) is -0.478. The first kappa shape index (κ1) is 13.1. The first-order valence-corrected chi connectivity index (χ1v) is 6.09. The van der Waals surface area contributed by atoms with Gasteiger partial charge in [0.05, 0.1) is 17.7 Å². The van der Waals surface area contributed by atoms with Gasteiger partial charge >= 0.3 is 0 Å². The fourth-order valence-electron chi connectivity index (χ4n) is 1.76. The van der Waals surface area contributed by atoms with Gasteiger partial charge in [-0.2, -0.15) is 5.26 Å². The molecule has 0 amide bonds. The fraction of sp³-hybridized carbons (Fsp3) is 0.188. The summed E-state index contributed by atoms with van der Waals surface area (Å²) in [5, 5.41) is 18.4. The van der Waals surface area contributed by atoms with E-state index >= 15 is 0 Å².